The Morgan fingerprint density at radius 2 is 1.79 bits per heavy atom. The summed E-state index contributed by atoms with van der Waals surface area (Å²) in [5.41, 5.74) is 3.33. The van der Waals surface area contributed by atoms with Crippen molar-refractivity contribution in [3.8, 4) is 16.2 Å². The van der Waals surface area contributed by atoms with Gasteiger partial charge in [0, 0.05) is 40.3 Å². The Hall–Kier alpha value is -3.12. The predicted molar refractivity (Wildman–Crippen MR) is 116 cm³/mol. The van der Waals surface area contributed by atoms with Crippen molar-refractivity contribution in [3.63, 3.8) is 0 Å². The molecule has 0 radical (unpaired) electrons. The van der Waals surface area contributed by atoms with Crippen molar-refractivity contribution >= 4 is 28.8 Å². The molecule has 0 aliphatic carbocycles. The van der Waals surface area contributed by atoms with E-state index in [0.717, 1.165) is 21.8 Å². The number of nitrogens with one attached hydrogen (secondary N) is 1. The zero-order valence-corrected chi connectivity index (χ0v) is 17.2. The molecule has 0 spiro atoms. The van der Waals surface area contributed by atoms with Gasteiger partial charge in [0.1, 0.15) is 12.4 Å². The number of ether oxygens (including phenoxy) is 1. The van der Waals surface area contributed by atoms with Crippen molar-refractivity contribution in [1.82, 2.24) is 4.90 Å². The summed E-state index contributed by atoms with van der Waals surface area (Å²) in [4.78, 5) is 28.6. The fraction of sp³-hybridized carbons (Fsp3) is 0.217. The van der Waals surface area contributed by atoms with E-state index in [1.807, 2.05) is 44.2 Å². The smallest absolute Gasteiger partial charge is 0.265 e. The number of benzene rings is 2. The van der Waals surface area contributed by atoms with Gasteiger partial charge in [0.15, 0.2) is 0 Å². The van der Waals surface area contributed by atoms with Gasteiger partial charge in [-0.1, -0.05) is 12.1 Å². The lowest BCUT2D eigenvalue weighted by Gasteiger charge is -2.18. The first-order valence-electron chi connectivity index (χ1n) is 9.66. The van der Waals surface area contributed by atoms with Crippen LogP contribution in [0.3, 0.4) is 0 Å². The van der Waals surface area contributed by atoms with E-state index in [2.05, 4.69) is 5.32 Å². The Bertz CT molecular complexity index is 1050. The Labute approximate surface area is 173 Å². The molecule has 0 saturated carbocycles. The number of para-hydroxylation sites is 1. The van der Waals surface area contributed by atoms with E-state index in [9.17, 15) is 9.59 Å². The molecule has 148 valence electrons. The van der Waals surface area contributed by atoms with Crippen molar-refractivity contribution in [3.05, 3.63) is 70.6 Å². The minimum atomic E-state index is -0.162. The van der Waals surface area contributed by atoms with Gasteiger partial charge >= 0.3 is 0 Å². The molecule has 2 amide bonds. The third kappa shape index (κ3) is 3.76. The number of thiophene rings is 1. The fourth-order valence-electron chi connectivity index (χ4n) is 3.39. The van der Waals surface area contributed by atoms with Crippen LogP contribution in [0.2, 0.25) is 0 Å². The van der Waals surface area contributed by atoms with Crippen molar-refractivity contribution in [2.75, 3.05) is 18.4 Å². The van der Waals surface area contributed by atoms with Crippen LogP contribution in [-0.4, -0.2) is 29.8 Å². The van der Waals surface area contributed by atoms with Crippen LogP contribution in [0.25, 0.3) is 10.4 Å². The molecule has 1 N–H and O–H groups in total. The monoisotopic (exact) mass is 406 g/mol. The number of anilines is 1. The van der Waals surface area contributed by atoms with Gasteiger partial charge in [0.05, 0.1) is 4.88 Å². The van der Waals surface area contributed by atoms with E-state index >= 15 is 0 Å². The van der Waals surface area contributed by atoms with Gasteiger partial charge in [0.25, 0.3) is 11.8 Å². The summed E-state index contributed by atoms with van der Waals surface area (Å²) in [6.07, 6.45) is 0. The number of hydrogen-bond acceptors (Lipinski definition) is 4. The lowest BCUT2D eigenvalue weighted by Crippen LogP contribution is -2.30. The SMILES string of the molecule is CCN(CC)C(=O)c1ccc(NC(=O)c2cc3c(s2)-c2ccccc2OC3)cc1. The number of nitrogens with zero attached hydrogens (tertiary/aromatic N) is 1. The number of carbonyl (C=O) groups excluding carboxylic acids is 2. The van der Waals surface area contributed by atoms with E-state index in [0.29, 0.717) is 35.8 Å². The number of rotatable bonds is 5. The quantitative estimate of drug-likeness (QED) is 0.646. The Balaban J connectivity index is 1.50. The Morgan fingerprint density at radius 3 is 2.52 bits per heavy atom. The van der Waals surface area contributed by atoms with Gasteiger partial charge < -0.3 is 15.0 Å². The average molecular weight is 407 g/mol. The number of fused-ring (bicyclic) bond motifs is 3. The third-order valence-electron chi connectivity index (χ3n) is 4.99. The molecule has 3 aromatic rings. The third-order valence-corrected chi connectivity index (χ3v) is 6.20. The van der Waals surface area contributed by atoms with Gasteiger partial charge in [-0.3, -0.25) is 9.59 Å². The van der Waals surface area contributed by atoms with Crippen LogP contribution in [0.5, 0.6) is 5.75 Å². The first-order chi connectivity index (χ1) is 14.1. The summed E-state index contributed by atoms with van der Waals surface area (Å²) in [6, 6.07) is 16.8. The molecule has 0 unspecified atom stereocenters. The van der Waals surface area contributed by atoms with Gasteiger partial charge in [-0.2, -0.15) is 0 Å². The van der Waals surface area contributed by atoms with Gasteiger partial charge in [-0.05, 0) is 56.3 Å². The molecule has 0 fully saturated rings. The fourth-order valence-corrected chi connectivity index (χ4v) is 4.49. The second-order valence-electron chi connectivity index (χ2n) is 6.76. The normalized spacial score (nSPS) is 11.8. The van der Waals surface area contributed by atoms with Crippen molar-refractivity contribution in [2.45, 2.75) is 20.5 Å². The molecule has 1 aliphatic rings. The maximum absolute atomic E-state index is 12.7. The molecule has 4 rings (SSSR count). The average Bonchev–Trinajstić information content (AvgIpc) is 3.20. The molecular formula is C23H22N2O3S. The highest BCUT2D eigenvalue weighted by Crippen LogP contribution is 2.42. The molecule has 0 atom stereocenters. The molecule has 5 nitrogen and oxygen atoms in total. The first-order valence-corrected chi connectivity index (χ1v) is 10.5. The highest BCUT2D eigenvalue weighted by atomic mass is 32.1. The van der Waals surface area contributed by atoms with Crippen LogP contribution in [0.15, 0.2) is 54.6 Å². The first kappa shape index (κ1) is 19.2. The number of amides is 2. The molecule has 1 aliphatic heterocycles. The van der Waals surface area contributed by atoms with Crippen LogP contribution in [-0.2, 0) is 6.61 Å². The molecule has 1 aromatic heterocycles. The highest BCUT2D eigenvalue weighted by Gasteiger charge is 2.22. The van der Waals surface area contributed by atoms with E-state index in [-0.39, 0.29) is 11.8 Å². The minimum Gasteiger partial charge on any atom is -0.488 e. The standard InChI is InChI=1S/C23H22N2O3S/c1-3-25(4-2)23(27)15-9-11-17(12-10-15)24-22(26)20-13-16-14-28-19-8-6-5-7-18(19)21(16)29-20/h5-13H,3-4,14H2,1-2H3,(H,24,26). The summed E-state index contributed by atoms with van der Waals surface area (Å²) in [5.74, 6) is 0.685. The summed E-state index contributed by atoms with van der Waals surface area (Å²) < 4.78 is 5.77. The summed E-state index contributed by atoms with van der Waals surface area (Å²) in [5, 5.41) is 2.92. The van der Waals surface area contributed by atoms with Crippen LogP contribution >= 0.6 is 11.3 Å². The molecule has 6 heteroatoms. The second-order valence-corrected chi connectivity index (χ2v) is 7.81. The van der Waals surface area contributed by atoms with Crippen molar-refractivity contribution in [2.24, 2.45) is 0 Å². The van der Waals surface area contributed by atoms with Gasteiger partial charge in [0.2, 0.25) is 0 Å². The number of hydrogen-bond donors (Lipinski definition) is 1. The minimum absolute atomic E-state index is 0.00234. The van der Waals surface area contributed by atoms with E-state index in [4.69, 9.17) is 4.74 Å². The molecule has 0 saturated heterocycles. The summed E-state index contributed by atoms with van der Waals surface area (Å²) in [6.45, 7) is 5.73. The maximum atomic E-state index is 12.7. The molecule has 2 heterocycles. The Kier molecular flexibility index (Phi) is 5.36. The van der Waals surface area contributed by atoms with E-state index in [1.165, 1.54) is 11.3 Å². The van der Waals surface area contributed by atoms with E-state index in [1.54, 1.807) is 29.2 Å². The molecule has 29 heavy (non-hydrogen) atoms. The Morgan fingerprint density at radius 1 is 1.07 bits per heavy atom. The number of carbonyl (C=O) groups is 2. The highest BCUT2D eigenvalue weighted by molar-refractivity contribution is 7.17. The van der Waals surface area contributed by atoms with Crippen LogP contribution in [0.1, 0.15) is 39.4 Å². The predicted octanol–water partition coefficient (Wildman–Crippen LogP) is 5.04. The second kappa shape index (κ2) is 8.09. The van der Waals surface area contributed by atoms with Crippen molar-refractivity contribution in [1.29, 1.82) is 0 Å². The molecule has 2 aromatic carbocycles. The zero-order valence-electron chi connectivity index (χ0n) is 16.4. The molecular weight excluding hydrogens is 384 g/mol. The summed E-state index contributed by atoms with van der Waals surface area (Å²) in [7, 11) is 0. The zero-order chi connectivity index (χ0) is 20.4. The van der Waals surface area contributed by atoms with Gasteiger partial charge in [-0.25, -0.2) is 0 Å². The lowest BCUT2D eigenvalue weighted by molar-refractivity contribution is 0.0773. The summed E-state index contributed by atoms with van der Waals surface area (Å²) >= 11 is 1.47. The maximum Gasteiger partial charge on any atom is 0.265 e. The van der Waals surface area contributed by atoms with Crippen LogP contribution in [0, 0.1) is 0 Å². The van der Waals surface area contributed by atoms with Gasteiger partial charge in [-0.15, -0.1) is 11.3 Å². The topological polar surface area (TPSA) is 58.6 Å². The van der Waals surface area contributed by atoms with E-state index < -0.39 is 0 Å². The van der Waals surface area contributed by atoms with Crippen LogP contribution < -0.4 is 10.1 Å². The largest absolute Gasteiger partial charge is 0.488 e. The van der Waals surface area contributed by atoms with Crippen LogP contribution in [0.4, 0.5) is 5.69 Å². The molecule has 0 bridgehead atoms. The van der Waals surface area contributed by atoms with Crippen molar-refractivity contribution < 1.29 is 14.3 Å². The lowest BCUT2D eigenvalue weighted by atomic mass is 10.1.